The minimum atomic E-state index is -1.66. The zero-order valence-corrected chi connectivity index (χ0v) is 19.4. The van der Waals surface area contributed by atoms with Gasteiger partial charge in [-0.2, -0.15) is 5.10 Å². The van der Waals surface area contributed by atoms with Crippen molar-refractivity contribution >= 4 is 0 Å². The van der Waals surface area contributed by atoms with Crippen LogP contribution >= 0.6 is 0 Å². The van der Waals surface area contributed by atoms with Crippen LogP contribution in [0.1, 0.15) is 35.2 Å². The Hall–Kier alpha value is -3.50. The van der Waals surface area contributed by atoms with Gasteiger partial charge in [0.2, 0.25) is 0 Å². The van der Waals surface area contributed by atoms with Crippen LogP contribution in [0, 0.1) is 18.6 Å². The van der Waals surface area contributed by atoms with Crippen LogP contribution in [-0.2, 0) is 25.2 Å². The lowest BCUT2D eigenvalue weighted by Gasteiger charge is -2.34. The molecule has 2 aromatic carbocycles. The van der Waals surface area contributed by atoms with Gasteiger partial charge in [-0.1, -0.05) is 41.1 Å². The van der Waals surface area contributed by atoms with E-state index in [4.69, 9.17) is 0 Å². The van der Waals surface area contributed by atoms with Crippen LogP contribution in [0.5, 0.6) is 0 Å². The zero-order valence-electron chi connectivity index (χ0n) is 19.4. The zero-order chi connectivity index (χ0) is 24.4. The van der Waals surface area contributed by atoms with E-state index in [-0.39, 0.29) is 24.7 Å². The van der Waals surface area contributed by atoms with Crippen LogP contribution in [-0.4, -0.2) is 52.4 Å². The minimum absolute atomic E-state index is 0.0167. The van der Waals surface area contributed by atoms with Gasteiger partial charge in [0.25, 0.3) is 0 Å². The molecule has 1 unspecified atom stereocenters. The number of hydrogen-bond donors (Lipinski definition) is 1. The first-order chi connectivity index (χ1) is 16.9. The van der Waals surface area contributed by atoms with Crippen molar-refractivity contribution in [1.82, 2.24) is 34.7 Å². The van der Waals surface area contributed by atoms with Crippen molar-refractivity contribution < 1.29 is 13.9 Å². The van der Waals surface area contributed by atoms with E-state index in [9.17, 15) is 13.9 Å². The summed E-state index contributed by atoms with van der Waals surface area (Å²) in [5.74, 6) is -1.49. The molecule has 0 spiro atoms. The third-order valence-corrected chi connectivity index (χ3v) is 6.27. The van der Waals surface area contributed by atoms with E-state index in [1.54, 1.807) is 4.68 Å². The molecule has 0 saturated heterocycles. The predicted molar refractivity (Wildman–Crippen MR) is 124 cm³/mol. The van der Waals surface area contributed by atoms with Gasteiger partial charge in [-0.25, -0.2) is 23.1 Å². The largest absolute Gasteiger partial charge is 0.382 e. The summed E-state index contributed by atoms with van der Waals surface area (Å²) in [6.45, 7) is 3.18. The second-order valence-corrected chi connectivity index (χ2v) is 9.28. The summed E-state index contributed by atoms with van der Waals surface area (Å²) in [5, 5.41) is 24.4. The van der Waals surface area contributed by atoms with E-state index >= 15 is 0 Å². The van der Waals surface area contributed by atoms with Crippen LogP contribution < -0.4 is 0 Å². The summed E-state index contributed by atoms with van der Waals surface area (Å²) in [6.07, 6.45) is 6.66. The number of aromatic nitrogens is 6. The molecule has 1 fully saturated rings. The molecule has 1 aliphatic carbocycles. The van der Waals surface area contributed by atoms with Crippen LogP contribution in [0.15, 0.2) is 61.3 Å². The number of nitrogens with zero attached hydrogens (tertiary/aromatic N) is 7. The number of halogens is 2. The average molecular weight is 480 g/mol. The molecule has 35 heavy (non-hydrogen) atoms. The molecule has 182 valence electrons. The Morgan fingerprint density at radius 1 is 1.11 bits per heavy atom. The molecule has 0 aliphatic heterocycles. The Morgan fingerprint density at radius 2 is 1.91 bits per heavy atom. The molecule has 0 amide bonds. The summed E-state index contributed by atoms with van der Waals surface area (Å²) >= 11 is 0. The molecule has 0 bridgehead atoms. The van der Waals surface area contributed by atoms with Crippen molar-refractivity contribution in [3.63, 3.8) is 0 Å². The van der Waals surface area contributed by atoms with E-state index in [1.807, 2.05) is 13.1 Å². The first-order valence-corrected chi connectivity index (χ1v) is 11.6. The molecular weight excluding hydrogens is 452 g/mol. The standard InChI is InChI=1S/C25H27F2N7O/c1-18-2-4-19(5-3-18)11-33-13-21(30-31-33)12-32(22-7-8-22)14-25(35,15-34-17-28-16-29-34)23-9-6-20(26)10-24(23)27/h2-6,9-10,13,16-17,22,35H,7-8,11-12,14-15H2,1H3. The normalized spacial score (nSPS) is 15.5. The molecule has 0 radical (unpaired) electrons. The maximum absolute atomic E-state index is 14.8. The van der Waals surface area contributed by atoms with Gasteiger partial charge < -0.3 is 5.11 Å². The molecule has 2 heterocycles. The molecule has 1 N–H and O–H groups in total. The van der Waals surface area contributed by atoms with Crippen molar-refractivity contribution in [3.05, 3.63) is 95.3 Å². The van der Waals surface area contributed by atoms with Crippen LogP contribution in [0.25, 0.3) is 0 Å². The van der Waals surface area contributed by atoms with Crippen LogP contribution in [0.2, 0.25) is 0 Å². The molecular formula is C25H27F2N7O. The van der Waals surface area contributed by atoms with Crippen molar-refractivity contribution in [3.8, 4) is 0 Å². The highest BCUT2D eigenvalue weighted by atomic mass is 19.1. The van der Waals surface area contributed by atoms with Gasteiger partial charge in [-0.15, -0.1) is 5.10 Å². The Bertz CT molecular complexity index is 1270. The summed E-state index contributed by atoms with van der Waals surface area (Å²) in [5.41, 5.74) is 1.44. The topological polar surface area (TPSA) is 84.9 Å². The van der Waals surface area contributed by atoms with Gasteiger partial charge in [0.15, 0.2) is 0 Å². The second-order valence-electron chi connectivity index (χ2n) is 9.28. The molecule has 5 rings (SSSR count). The number of hydrogen-bond acceptors (Lipinski definition) is 6. The molecule has 10 heteroatoms. The lowest BCUT2D eigenvalue weighted by atomic mass is 9.92. The second kappa shape index (κ2) is 9.63. The smallest absolute Gasteiger partial charge is 0.137 e. The Morgan fingerprint density at radius 3 is 2.60 bits per heavy atom. The van der Waals surface area contributed by atoms with E-state index in [0.717, 1.165) is 36.2 Å². The van der Waals surface area contributed by atoms with Crippen molar-refractivity contribution in [2.75, 3.05) is 6.54 Å². The van der Waals surface area contributed by atoms with E-state index < -0.39 is 17.2 Å². The molecule has 8 nitrogen and oxygen atoms in total. The number of rotatable bonds is 10. The van der Waals surface area contributed by atoms with Crippen LogP contribution in [0.4, 0.5) is 8.78 Å². The fraction of sp³-hybridized carbons (Fsp3) is 0.360. The highest BCUT2D eigenvalue weighted by molar-refractivity contribution is 5.26. The predicted octanol–water partition coefficient (Wildman–Crippen LogP) is 3.06. The first-order valence-electron chi connectivity index (χ1n) is 11.6. The average Bonchev–Trinajstić information content (AvgIpc) is 3.38. The third-order valence-electron chi connectivity index (χ3n) is 6.27. The quantitative estimate of drug-likeness (QED) is 0.376. The first kappa shape index (κ1) is 23.3. The SMILES string of the molecule is Cc1ccc(Cn2cc(CN(CC(O)(Cn3cncn3)c3ccc(F)cc3F)C3CC3)nn2)cc1. The summed E-state index contributed by atoms with van der Waals surface area (Å²) in [7, 11) is 0. The Labute approximate surface area is 201 Å². The van der Waals surface area contributed by atoms with Gasteiger partial charge in [-0.05, 0) is 31.4 Å². The van der Waals surface area contributed by atoms with Crippen LogP contribution in [0.3, 0.4) is 0 Å². The third kappa shape index (κ3) is 5.60. The van der Waals surface area contributed by atoms with E-state index in [1.165, 1.54) is 29.0 Å². The Balaban J connectivity index is 1.36. The lowest BCUT2D eigenvalue weighted by Crippen LogP contribution is -2.45. The van der Waals surface area contributed by atoms with Crippen molar-refractivity contribution in [2.45, 2.75) is 51.0 Å². The summed E-state index contributed by atoms with van der Waals surface area (Å²) in [4.78, 5) is 6.01. The van der Waals surface area contributed by atoms with E-state index in [2.05, 4.69) is 49.6 Å². The van der Waals surface area contributed by atoms with E-state index in [0.29, 0.717) is 13.1 Å². The van der Waals surface area contributed by atoms with Gasteiger partial charge >= 0.3 is 0 Å². The van der Waals surface area contributed by atoms with Gasteiger partial charge in [0.1, 0.15) is 29.9 Å². The highest BCUT2D eigenvalue weighted by Crippen LogP contribution is 2.34. The monoisotopic (exact) mass is 479 g/mol. The maximum atomic E-state index is 14.8. The van der Waals surface area contributed by atoms with Gasteiger partial charge in [-0.3, -0.25) is 4.90 Å². The number of benzene rings is 2. The number of aliphatic hydroxyl groups is 1. The fourth-order valence-corrected chi connectivity index (χ4v) is 4.34. The maximum Gasteiger partial charge on any atom is 0.137 e. The lowest BCUT2D eigenvalue weighted by molar-refractivity contribution is -0.0262. The highest BCUT2D eigenvalue weighted by Gasteiger charge is 2.40. The Kier molecular flexibility index (Phi) is 6.40. The molecule has 1 aliphatic rings. The summed E-state index contributed by atoms with van der Waals surface area (Å²) < 4.78 is 31.7. The molecule has 1 saturated carbocycles. The fourth-order valence-electron chi connectivity index (χ4n) is 4.34. The van der Waals surface area contributed by atoms with Gasteiger partial charge in [0.05, 0.1) is 25.0 Å². The molecule has 2 aromatic heterocycles. The molecule has 4 aromatic rings. The minimum Gasteiger partial charge on any atom is -0.382 e. The van der Waals surface area contributed by atoms with Crippen molar-refractivity contribution in [2.24, 2.45) is 0 Å². The van der Waals surface area contributed by atoms with Gasteiger partial charge in [0, 0.05) is 30.8 Å². The summed E-state index contributed by atoms with van der Waals surface area (Å²) in [6, 6.07) is 11.7. The number of aryl methyl sites for hydroxylation is 1. The molecule has 1 atom stereocenters. The van der Waals surface area contributed by atoms with Crippen molar-refractivity contribution in [1.29, 1.82) is 0 Å².